The fourth-order valence-corrected chi connectivity index (χ4v) is 2.32. The summed E-state index contributed by atoms with van der Waals surface area (Å²) in [6.07, 6.45) is 5.39. The molecule has 3 aromatic rings. The summed E-state index contributed by atoms with van der Waals surface area (Å²) in [5, 5.41) is 7.05. The molecule has 3 rings (SSSR count). The minimum Gasteiger partial charge on any atom is -0.494 e. The average molecular weight is 322 g/mol. The fraction of sp³-hybridized carbons (Fsp3) is 0.167. The first kappa shape index (κ1) is 15.7. The van der Waals surface area contributed by atoms with Crippen molar-refractivity contribution >= 4 is 11.6 Å². The lowest BCUT2D eigenvalue weighted by Crippen LogP contribution is -2.16. The van der Waals surface area contributed by atoms with Gasteiger partial charge in [-0.1, -0.05) is 12.1 Å². The smallest absolute Gasteiger partial charge is 0.228 e. The summed E-state index contributed by atoms with van der Waals surface area (Å²) in [6, 6.07) is 12.9. The molecule has 0 aliphatic carbocycles. The van der Waals surface area contributed by atoms with Crippen LogP contribution in [0.1, 0.15) is 12.5 Å². The molecule has 0 bridgehead atoms. The molecule has 2 heterocycles. The summed E-state index contributed by atoms with van der Waals surface area (Å²) in [6.45, 7) is 2.56. The van der Waals surface area contributed by atoms with Crippen molar-refractivity contribution in [3.05, 3.63) is 66.6 Å². The van der Waals surface area contributed by atoms with Crippen LogP contribution in [-0.2, 0) is 11.2 Å². The van der Waals surface area contributed by atoms with E-state index in [4.69, 9.17) is 4.74 Å². The van der Waals surface area contributed by atoms with Crippen molar-refractivity contribution in [2.24, 2.45) is 0 Å². The van der Waals surface area contributed by atoms with E-state index in [1.807, 2.05) is 31.2 Å². The fourth-order valence-electron chi connectivity index (χ4n) is 2.32. The van der Waals surface area contributed by atoms with Gasteiger partial charge in [-0.25, -0.2) is 9.67 Å². The van der Waals surface area contributed by atoms with Gasteiger partial charge >= 0.3 is 0 Å². The lowest BCUT2D eigenvalue weighted by Gasteiger charge is -2.10. The van der Waals surface area contributed by atoms with Gasteiger partial charge in [0, 0.05) is 18.6 Å². The van der Waals surface area contributed by atoms with E-state index in [1.54, 1.807) is 41.5 Å². The molecule has 1 aromatic carbocycles. The van der Waals surface area contributed by atoms with E-state index in [0.717, 1.165) is 11.3 Å². The quantitative estimate of drug-likeness (QED) is 0.757. The minimum atomic E-state index is -0.111. The van der Waals surface area contributed by atoms with Crippen molar-refractivity contribution in [1.82, 2.24) is 14.8 Å². The van der Waals surface area contributed by atoms with Gasteiger partial charge in [0.15, 0.2) is 5.82 Å². The Labute approximate surface area is 140 Å². The van der Waals surface area contributed by atoms with Gasteiger partial charge < -0.3 is 10.1 Å². The van der Waals surface area contributed by atoms with Crippen molar-refractivity contribution < 1.29 is 9.53 Å². The highest BCUT2D eigenvalue weighted by Gasteiger charge is 2.10. The summed E-state index contributed by atoms with van der Waals surface area (Å²) in [4.78, 5) is 16.6. The number of aromatic nitrogens is 3. The van der Waals surface area contributed by atoms with E-state index >= 15 is 0 Å². The molecule has 0 unspecified atom stereocenters. The predicted molar refractivity (Wildman–Crippen MR) is 91.3 cm³/mol. The van der Waals surface area contributed by atoms with Crippen LogP contribution in [0.25, 0.3) is 5.82 Å². The van der Waals surface area contributed by atoms with Gasteiger partial charge in [-0.2, -0.15) is 5.10 Å². The average Bonchev–Trinajstić information content (AvgIpc) is 3.12. The molecule has 0 aliphatic heterocycles. The Balaban J connectivity index is 1.69. The second-order valence-corrected chi connectivity index (χ2v) is 5.13. The zero-order valence-corrected chi connectivity index (χ0v) is 13.3. The zero-order chi connectivity index (χ0) is 16.8. The lowest BCUT2D eigenvalue weighted by atomic mass is 10.1. The number of pyridine rings is 1. The monoisotopic (exact) mass is 322 g/mol. The Kier molecular flexibility index (Phi) is 4.86. The maximum absolute atomic E-state index is 12.3. The Bertz CT molecular complexity index is 798. The molecule has 0 aliphatic rings. The molecule has 6 heteroatoms. The zero-order valence-electron chi connectivity index (χ0n) is 13.3. The summed E-state index contributed by atoms with van der Waals surface area (Å²) < 4.78 is 7.02. The molecule has 24 heavy (non-hydrogen) atoms. The van der Waals surface area contributed by atoms with Crippen LogP contribution in [-0.4, -0.2) is 27.3 Å². The number of carbonyl (C=O) groups excluding carboxylic acids is 1. The first-order valence-corrected chi connectivity index (χ1v) is 7.73. The largest absolute Gasteiger partial charge is 0.494 e. The molecule has 2 aromatic heterocycles. The van der Waals surface area contributed by atoms with E-state index in [-0.39, 0.29) is 12.3 Å². The molecule has 0 saturated heterocycles. The van der Waals surface area contributed by atoms with E-state index < -0.39 is 0 Å². The number of hydrogen-bond acceptors (Lipinski definition) is 4. The molecule has 1 amide bonds. The van der Waals surface area contributed by atoms with Gasteiger partial charge in [0.25, 0.3) is 0 Å². The normalized spacial score (nSPS) is 10.4. The van der Waals surface area contributed by atoms with Crippen molar-refractivity contribution in [2.45, 2.75) is 13.3 Å². The van der Waals surface area contributed by atoms with Gasteiger partial charge in [0.1, 0.15) is 5.75 Å². The molecule has 0 atom stereocenters. The summed E-state index contributed by atoms with van der Waals surface area (Å²) in [5.41, 5.74) is 1.54. The van der Waals surface area contributed by atoms with E-state index in [9.17, 15) is 4.79 Å². The van der Waals surface area contributed by atoms with Crippen molar-refractivity contribution in [3.63, 3.8) is 0 Å². The molecule has 0 saturated carbocycles. The van der Waals surface area contributed by atoms with Crippen LogP contribution in [0.4, 0.5) is 5.69 Å². The van der Waals surface area contributed by atoms with Crippen LogP contribution < -0.4 is 10.1 Å². The highest BCUT2D eigenvalue weighted by atomic mass is 16.5. The number of carbonyl (C=O) groups is 1. The Morgan fingerprint density at radius 1 is 1.17 bits per heavy atom. The third kappa shape index (κ3) is 3.78. The Morgan fingerprint density at radius 2 is 2.00 bits per heavy atom. The number of nitrogens with zero attached hydrogens (tertiary/aromatic N) is 3. The number of rotatable bonds is 6. The maximum Gasteiger partial charge on any atom is 0.228 e. The molecule has 0 fully saturated rings. The predicted octanol–water partition coefficient (Wildman–Crippen LogP) is 2.85. The topological polar surface area (TPSA) is 69.0 Å². The SMILES string of the molecule is CCOc1ccc(CC(=O)Nc2cccnc2-n2cccn2)cc1. The number of benzene rings is 1. The standard InChI is InChI=1S/C18H18N4O2/c1-2-24-15-8-6-14(7-9-15)13-17(23)21-16-5-3-10-19-18(16)22-12-4-11-20-22/h3-12H,2,13H2,1H3,(H,21,23). The molecule has 6 nitrogen and oxygen atoms in total. The summed E-state index contributed by atoms with van der Waals surface area (Å²) >= 11 is 0. The van der Waals surface area contributed by atoms with E-state index in [1.165, 1.54) is 0 Å². The van der Waals surface area contributed by atoms with Crippen LogP contribution in [0.2, 0.25) is 0 Å². The van der Waals surface area contributed by atoms with Gasteiger partial charge in [-0.3, -0.25) is 4.79 Å². The highest BCUT2D eigenvalue weighted by molar-refractivity contribution is 5.93. The summed E-state index contributed by atoms with van der Waals surface area (Å²) in [5.74, 6) is 1.28. The second-order valence-electron chi connectivity index (χ2n) is 5.13. The second kappa shape index (κ2) is 7.41. The molecular formula is C18H18N4O2. The number of nitrogens with one attached hydrogen (secondary N) is 1. The highest BCUT2D eigenvalue weighted by Crippen LogP contribution is 2.17. The van der Waals surface area contributed by atoms with E-state index in [0.29, 0.717) is 18.1 Å². The van der Waals surface area contributed by atoms with Gasteiger partial charge in [0.05, 0.1) is 18.7 Å². The van der Waals surface area contributed by atoms with Crippen molar-refractivity contribution in [1.29, 1.82) is 0 Å². The number of ether oxygens (including phenoxy) is 1. The van der Waals surface area contributed by atoms with Crippen molar-refractivity contribution in [2.75, 3.05) is 11.9 Å². The van der Waals surface area contributed by atoms with E-state index in [2.05, 4.69) is 15.4 Å². The molecule has 0 radical (unpaired) electrons. The number of hydrogen-bond donors (Lipinski definition) is 1. The Morgan fingerprint density at radius 3 is 2.71 bits per heavy atom. The maximum atomic E-state index is 12.3. The summed E-state index contributed by atoms with van der Waals surface area (Å²) in [7, 11) is 0. The van der Waals surface area contributed by atoms with Gasteiger partial charge in [-0.05, 0) is 42.8 Å². The molecular weight excluding hydrogens is 304 g/mol. The third-order valence-corrected chi connectivity index (χ3v) is 3.38. The number of anilines is 1. The third-order valence-electron chi connectivity index (χ3n) is 3.38. The van der Waals surface area contributed by atoms with Gasteiger partial charge in [0.2, 0.25) is 5.91 Å². The van der Waals surface area contributed by atoms with Crippen molar-refractivity contribution in [3.8, 4) is 11.6 Å². The Hall–Kier alpha value is -3.15. The van der Waals surface area contributed by atoms with Crippen LogP contribution in [0.5, 0.6) is 5.75 Å². The van der Waals surface area contributed by atoms with Crippen LogP contribution in [0.15, 0.2) is 61.1 Å². The minimum absolute atomic E-state index is 0.111. The molecule has 1 N–H and O–H groups in total. The molecule has 0 spiro atoms. The number of amides is 1. The molecule has 122 valence electrons. The first-order valence-electron chi connectivity index (χ1n) is 7.73. The van der Waals surface area contributed by atoms with Crippen LogP contribution in [0, 0.1) is 0 Å². The van der Waals surface area contributed by atoms with Gasteiger partial charge in [-0.15, -0.1) is 0 Å². The lowest BCUT2D eigenvalue weighted by molar-refractivity contribution is -0.115. The first-order chi connectivity index (χ1) is 11.8. The van der Waals surface area contributed by atoms with Crippen LogP contribution >= 0.6 is 0 Å². The van der Waals surface area contributed by atoms with Crippen LogP contribution in [0.3, 0.4) is 0 Å².